The average molecular weight is 530 g/mol. The number of furan rings is 1. The minimum absolute atomic E-state index is 0. The molecule has 168 valence electrons. The Morgan fingerprint density at radius 1 is 1.43 bits per heavy atom. The molecule has 3 N–H and O–H groups in total. The molecule has 2 unspecified atom stereocenters. The van der Waals surface area contributed by atoms with Crippen molar-refractivity contribution in [2.24, 2.45) is 12.0 Å². The standard InChI is InChI=1S/C21H34N6O2.HI/c1-4-27-11-5-7-18(27)14-23-20(22-10-9-19-8-6-12-29-19)24-16-21(2,28)17-13-25-26(3)15-17;/h6,8,12-13,15,18,28H,4-5,7,9-11,14,16H2,1-3H3,(H2,22,23,24);1H. The van der Waals surface area contributed by atoms with Crippen LogP contribution >= 0.6 is 24.0 Å². The fourth-order valence-electron chi connectivity index (χ4n) is 3.71. The molecule has 30 heavy (non-hydrogen) atoms. The van der Waals surface area contributed by atoms with Gasteiger partial charge in [-0.3, -0.25) is 9.58 Å². The van der Waals surface area contributed by atoms with Crippen molar-refractivity contribution in [1.82, 2.24) is 25.3 Å². The molecule has 2 aromatic heterocycles. The molecule has 2 aromatic rings. The van der Waals surface area contributed by atoms with Crippen molar-refractivity contribution >= 4 is 29.9 Å². The molecule has 0 spiro atoms. The number of hydrogen-bond donors (Lipinski definition) is 3. The Kier molecular flexibility index (Phi) is 9.63. The number of guanidine groups is 1. The maximum atomic E-state index is 10.8. The molecule has 0 radical (unpaired) electrons. The second-order valence-electron chi connectivity index (χ2n) is 7.90. The first-order valence-corrected chi connectivity index (χ1v) is 10.5. The summed E-state index contributed by atoms with van der Waals surface area (Å²) in [5.74, 6) is 1.65. The van der Waals surface area contributed by atoms with Crippen LogP contribution in [-0.2, 0) is 19.1 Å². The van der Waals surface area contributed by atoms with Crippen molar-refractivity contribution in [2.75, 3.05) is 32.7 Å². The Balaban J connectivity index is 0.00000320. The zero-order chi connectivity index (χ0) is 20.7. The van der Waals surface area contributed by atoms with Gasteiger partial charge < -0.3 is 20.2 Å². The van der Waals surface area contributed by atoms with E-state index in [1.165, 1.54) is 12.8 Å². The van der Waals surface area contributed by atoms with Crippen LogP contribution in [0, 0.1) is 0 Å². The van der Waals surface area contributed by atoms with Gasteiger partial charge in [0, 0.05) is 44.4 Å². The quantitative estimate of drug-likeness (QED) is 0.262. The molecule has 0 saturated carbocycles. The van der Waals surface area contributed by atoms with E-state index in [1.54, 1.807) is 24.1 Å². The largest absolute Gasteiger partial charge is 0.469 e. The van der Waals surface area contributed by atoms with E-state index in [0.717, 1.165) is 37.4 Å². The van der Waals surface area contributed by atoms with E-state index in [4.69, 9.17) is 4.42 Å². The van der Waals surface area contributed by atoms with Gasteiger partial charge in [-0.25, -0.2) is 4.99 Å². The average Bonchev–Trinajstić information content (AvgIpc) is 3.45. The van der Waals surface area contributed by atoms with Crippen LogP contribution in [0.25, 0.3) is 0 Å². The minimum atomic E-state index is -1.08. The summed E-state index contributed by atoms with van der Waals surface area (Å²) in [5.41, 5.74) is -0.321. The zero-order valence-corrected chi connectivity index (χ0v) is 20.5. The third kappa shape index (κ3) is 6.98. The first kappa shape index (κ1) is 24.7. The fourth-order valence-corrected chi connectivity index (χ4v) is 3.71. The lowest BCUT2D eigenvalue weighted by atomic mass is 10.0. The summed E-state index contributed by atoms with van der Waals surface area (Å²) in [6.45, 7) is 8.00. The molecular formula is C21H35IN6O2. The van der Waals surface area contributed by atoms with Crippen molar-refractivity contribution < 1.29 is 9.52 Å². The topological polar surface area (TPSA) is 90.9 Å². The highest BCUT2D eigenvalue weighted by molar-refractivity contribution is 14.0. The van der Waals surface area contributed by atoms with E-state index in [2.05, 4.69) is 32.5 Å². The summed E-state index contributed by atoms with van der Waals surface area (Å²) >= 11 is 0. The van der Waals surface area contributed by atoms with Gasteiger partial charge in [0.2, 0.25) is 0 Å². The maximum absolute atomic E-state index is 10.8. The molecular weight excluding hydrogens is 495 g/mol. The minimum Gasteiger partial charge on any atom is -0.469 e. The van der Waals surface area contributed by atoms with Gasteiger partial charge in [0.15, 0.2) is 5.96 Å². The number of aliphatic hydroxyl groups is 1. The number of aliphatic imine (C=N–C) groups is 1. The molecule has 0 bridgehead atoms. The molecule has 1 fully saturated rings. The number of aryl methyl sites for hydroxylation is 1. The summed E-state index contributed by atoms with van der Waals surface area (Å²) < 4.78 is 7.09. The number of aromatic nitrogens is 2. The number of nitrogens with zero attached hydrogens (tertiary/aromatic N) is 4. The van der Waals surface area contributed by atoms with Gasteiger partial charge in [0.1, 0.15) is 11.4 Å². The highest BCUT2D eigenvalue weighted by Crippen LogP contribution is 2.20. The Morgan fingerprint density at radius 3 is 2.93 bits per heavy atom. The first-order valence-electron chi connectivity index (χ1n) is 10.5. The Bertz CT molecular complexity index is 774. The number of likely N-dealkylation sites (tertiary alicyclic amines) is 1. The summed E-state index contributed by atoms with van der Waals surface area (Å²) in [4.78, 5) is 7.17. The van der Waals surface area contributed by atoms with Crippen molar-refractivity contribution in [3.8, 4) is 0 Å². The second-order valence-corrected chi connectivity index (χ2v) is 7.90. The van der Waals surface area contributed by atoms with E-state index in [9.17, 15) is 5.11 Å². The van der Waals surface area contributed by atoms with Crippen LogP contribution in [0.1, 0.15) is 38.0 Å². The van der Waals surface area contributed by atoms with Crippen LogP contribution in [0.5, 0.6) is 0 Å². The number of rotatable bonds is 9. The summed E-state index contributed by atoms with van der Waals surface area (Å²) in [6.07, 6.45) is 8.42. The van der Waals surface area contributed by atoms with E-state index in [1.807, 2.05) is 25.4 Å². The van der Waals surface area contributed by atoms with Crippen LogP contribution in [0.15, 0.2) is 40.2 Å². The number of nitrogens with one attached hydrogen (secondary N) is 2. The third-order valence-electron chi connectivity index (χ3n) is 5.53. The SMILES string of the molecule is CCN1CCCC1CNC(=NCC(C)(O)c1cnn(C)c1)NCCc1ccco1.I. The van der Waals surface area contributed by atoms with Gasteiger partial charge >= 0.3 is 0 Å². The smallest absolute Gasteiger partial charge is 0.191 e. The molecule has 1 aliphatic rings. The Hall–Kier alpha value is -1.59. The zero-order valence-electron chi connectivity index (χ0n) is 18.2. The predicted octanol–water partition coefficient (Wildman–Crippen LogP) is 2.10. The number of halogens is 1. The van der Waals surface area contributed by atoms with Gasteiger partial charge in [0.25, 0.3) is 0 Å². The van der Waals surface area contributed by atoms with Gasteiger partial charge in [-0.05, 0) is 45.0 Å². The lowest BCUT2D eigenvalue weighted by molar-refractivity contribution is 0.0671. The Labute approximate surface area is 196 Å². The molecule has 1 saturated heterocycles. The van der Waals surface area contributed by atoms with E-state index in [-0.39, 0.29) is 30.5 Å². The molecule has 1 aliphatic heterocycles. The van der Waals surface area contributed by atoms with Crippen LogP contribution in [-0.4, -0.2) is 64.5 Å². The van der Waals surface area contributed by atoms with Crippen LogP contribution in [0.2, 0.25) is 0 Å². The van der Waals surface area contributed by atoms with Crippen molar-refractivity contribution in [1.29, 1.82) is 0 Å². The van der Waals surface area contributed by atoms with Gasteiger partial charge in [-0.2, -0.15) is 5.10 Å². The molecule has 0 aliphatic carbocycles. The van der Waals surface area contributed by atoms with Gasteiger partial charge in [0.05, 0.1) is 19.0 Å². The Morgan fingerprint density at radius 2 is 2.27 bits per heavy atom. The monoisotopic (exact) mass is 530 g/mol. The van der Waals surface area contributed by atoms with Gasteiger partial charge in [-0.1, -0.05) is 6.92 Å². The van der Waals surface area contributed by atoms with Crippen LogP contribution in [0.4, 0.5) is 0 Å². The summed E-state index contributed by atoms with van der Waals surface area (Å²) in [6, 6.07) is 4.39. The van der Waals surface area contributed by atoms with Crippen molar-refractivity contribution in [3.05, 3.63) is 42.1 Å². The van der Waals surface area contributed by atoms with Crippen LogP contribution in [0.3, 0.4) is 0 Å². The molecule has 3 heterocycles. The molecule has 0 amide bonds. The molecule has 0 aromatic carbocycles. The number of hydrogen-bond acceptors (Lipinski definition) is 5. The lowest BCUT2D eigenvalue weighted by Crippen LogP contribution is -2.46. The lowest BCUT2D eigenvalue weighted by Gasteiger charge is -2.25. The van der Waals surface area contributed by atoms with E-state index < -0.39 is 5.60 Å². The van der Waals surface area contributed by atoms with E-state index >= 15 is 0 Å². The molecule has 3 rings (SSSR count). The first-order chi connectivity index (χ1) is 14.0. The van der Waals surface area contributed by atoms with Gasteiger partial charge in [-0.15, -0.1) is 24.0 Å². The summed E-state index contributed by atoms with van der Waals surface area (Å²) in [7, 11) is 1.84. The highest BCUT2D eigenvalue weighted by atomic mass is 127. The number of likely N-dealkylation sites (N-methyl/N-ethyl adjacent to an activating group) is 1. The second kappa shape index (κ2) is 11.7. The van der Waals surface area contributed by atoms with Crippen LogP contribution < -0.4 is 10.6 Å². The third-order valence-corrected chi connectivity index (χ3v) is 5.53. The predicted molar refractivity (Wildman–Crippen MR) is 129 cm³/mol. The molecule has 2 atom stereocenters. The normalized spacial score (nSPS) is 19.3. The maximum Gasteiger partial charge on any atom is 0.191 e. The highest BCUT2D eigenvalue weighted by Gasteiger charge is 2.25. The van der Waals surface area contributed by atoms with Crippen molar-refractivity contribution in [3.63, 3.8) is 0 Å². The fraction of sp³-hybridized carbons (Fsp3) is 0.619. The molecule has 9 heteroatoms. The summed E-state index contributed by atoms with van der Waals surface area (Å²) in [5, 5.41) is 21.8. The molecule has 8 nitrogen and oxygen atoms in total. The van der Waals surface area contributed by atoms with Crippen molar-refractivity contribution in [2.45, 2.75) is 44.8 Å². The van der Waals surface area contributed by atoms with E-state index in [0.29, 0.717) is 18.5 Å².